The minimum Gasteiger partial charge on any atom is -0.382 e. The predicted octanol–water partition coefficient (Wildman–Crippen LogP) is 1.03. The first-order chi connectivity index (χ1) is 8.86. The number of rotatable bonds is 10. The number of piperazine rings is 1. The first kappa shape index (κ1) is 15.9. The highest BCUT2D eigenvalue weighted by Crippen LogP contribution is 1.99. The second-order valence-corrected chi connectivity index (χ2v) is 4.93. The van der Waals surface area contributed by atoms with Crippen molar-refractivity contribution in [2.24, 2.45) is 0 Å². The van der Waals surface area contributed by atoms with Crippen LogP contribution in [0.5, 0.6) is 0 Å². The summed E-state index contributed by atoms with van der Waals surface area (Å²) in [5.41, 5.74) is 0. The summed E-state index contributed by atoms with van der Waals surface area (Å²) in [7, 11) is 0. The molecule has 0 aromatic heterocycles. The van der Waals surface area contributed by atoms with E-state index in [4.69, 9.17) is 4.74 Å². The fourth-order valence-electron chi connectivity index (χ4n) is 2.29. The molecule has 1 aliphatic heterocycles. The van der Waals surface area contributed by atoms with Crippen molar-refractivity contribution in [3.8, 4) is 0 Å². The van der Waals surface area contributed by atoms with Crippen LogP contribution in [0.1, 0.15) is 26.7 Å². The lowest BCUT2D eigenvalue weighted by Gasteiger charge is -2.34. The fourth-order valence-corrected chi connectivity index (χ4v) is 2.29. The highest BCUT2D eigenvalue weighted by molar-refractivity contribution is 4.71. The molecule has 0 spiro atoms. The summed E-state index contributed by atoms with van der Waals surface area (Å²) in [6, 6.07) is 0. The predicted molar refractivity (Wildman–Crippen MR) is 77.2 cm³/mol. The van der Waals surface area contributed by atoms with Gasteiger partial charge in [-0.1, -0.05) is 6.92 Å². The van der Waals surface area contributed by atoms with E-state index in [0.717, 1.165) is 26.3 Å². The second-order valence-electron chi connectivity index (χ2n) is 4.93. The minimum atomic E-state index is 0.844. The third-order valence-electron chi connectivity index (χ3n) is 3.61. The first-order valence-electron chi connectivity index (χ1n) is 7.60. The molecule has 0 bridgehead atoms. The summed E-state index contributed by atoms with van der Waals surface area (Å²) in [4.78, 5) is 5.09. The molecule has 0 radical (unpaired) electrons. The van der Waals surface area contributed by atoms with Gasteiger partial charge in [-0.3, -0.25) is 4.90 Å². The lowest BCUT2D eigenvalue weighted by atomic mass is 10.3. The van der Waals surface area contributed by atoms with E-state index >= 15 is 0 Å². The van der Waals surface area contributed by atoms with Crippen molar-refractivity contribution in [3.05, 3.63) is 0 Å². The zero-order valence-corrected chi connectivity index (χ0v) is 12.3. The standard InChI is InChI=1S/C14H31N3O/c1-3-16-10-12-17(13-11-16)9-8-15-7-5-6-14-18-4-2/h15H,3-14H2,1-2H3. The topological polar surface area (TPSA) is 27.7 Å². The van der Waals surface area contributed by atoms with E-state index < -0.39 is 0 Å². The summed E-state index contributed by atoms with van der Waals surface area (Å²) in [5, 5.41) is 3.52. The smallest absolute Gasteiger partial charge is 0.0466 e. The molecular formula is C14H31N3O. The Kier molecular flexibility index (Phi) is 9.48. The van der Waals surface area contributed by atoms with Crippen LogP contribution in [0.2, 0.25) is 0 Å². The molecule has 0 aromatic rings. The molecule has 0 aliphatic carbocycles. The average molecular weight is 257 g/mol. The zero-order valence-electron chi connectivity index (χ0n) is 12.3. The Labute approximate surface area is 113 Å². The van der Waals surface area contributed by atoms with Gasteiger partial charge in [0.2, 0.25) is 0 Å². The average Bonchev–Trinajstić information content (AvgIpc) is 2.42. The largest absolute Gasteiger partial charge is 0.382 e. The zero-order chi connectivity index (χ0) is 13.1. The van der Waals surface area contributed by atoms with Crippen LogP contribution in [0.25, 0.3) is 0 Å². The van der Waals surface area contributed by atoms with Crippen molar-refractivity contribution in [1.29, 1.82) is 0 Å². The highest BCUT2D eigenvalue weighted by atomic mass is 16.5. The normalized spacial score (nSPS) is 18.3. The number of ether oxygens (including phenoxy) is 1. The molecule has 4 nitrogen and oxygen atoms in total. The molecule has 0 unspecified atom stereocenters. The van der Waals surface area contributed by atoms with Gasteiger partial charge in [0.1, 0.15) is 0 Å². The maximum Gasteiger partial charge on any atom is 0.0466 e. The Hall–Kier alpha value is -0.160. The molecule has 1 fully saturated rings. The van der Waals surface area contributed by atoms with Gasteiger partial charge >= 0.3 is 0 Å². The van der Waals surface area contributed by atoms with E-state index in [-0.39, 0.29) is 0 Å². The number of hydrogen-bond donors (Lipinski definition) is 1. The number of unbranched alkanes of at least 4 members (excludes halogenated alkanes) is 1. The molecule has 1 heterocycles. The van der Waals surface area contributed by atoms with Crippen molar-refractivity contribution in [3.63, 3.8) is 0 Å². The molecular weight excluding hydrogens is 226 g/mol. The van der Waals surface area contributed by atoms with Crippen molar-refractivity contribution in [2.45, 2.75) is 26.7 Å². The second kappa shape index (κ2) is 10.7. The van der Waals surface area contributed by atoms with Crippen LogP contribution in [-0.2, 0) is 4.74 Å². The third kappa shape index (κ3) is 7.31. The van der Waals surface area contributed by atoms with Crippen LogP contribution >= 0.6 is 0 Å². The molecule has 1 saturated heterocycles. The van der Waals surface area contributed by atoms with Gasteiger partial charge in [-0.05, 0) is 32.9 Å². The van der Waals surface area contributed by atoms with Gasteiger partial charge in [0.05, 0.1) is 0 Å². The number of nitrogens with zero attached hydrogens (tertiary/aromatic N) is 2. The van der Waals surface area contributed by atoms with E-state index in [1.165, 1.54) is 52.1 Å². The molecule has 18 heavy (non-hydrogen) atoms. The van der Waals surface area contributed by atoms with Gasteiger partial charge in [0.25, 0.3) is 0 Å². The Balaban J connectivity index is 1.84. The van der Waals surface area contributed by atoms with Crippen LogP contribution in [0.3, 0.4) is 0 Å². The SMILES string of the molecule is CCOCCCCNCCN1CCN(CC)CC1. The van der Waals surface area contributed by atoms with Crippen LogP contribution in [-0.4, -0.2) is 75.4 Å². The molecule has 0 amide bonds. The number of nitrogens with one attached hydrogen (secondary N) is 1. The van der Waals surface area contributed by atoms with E-state index in [0.29, 0.717) is 0 Å². The van der Waals surface area contributed by atoms with E-state index in [2.05, 4.69) is 29.0 Å². The summed E-state index contributed by atoms with van der Waals surface area (Å²) in [5.74, 6) is 0. The van der Waals surface area contributed by atoms with Gasteiger partial charge in [-0.15, -0.1) is 0 Å². The van der Waals surface area contributed by atoms with Crippen molar-refractivity contribution < 1.29 is 4.74 Å². The number of likely N-dealkylation sites (N-methyl/N-ethyl adjacent to an activating group) is 1. The highest BCUT2D eigenvalue weighted by Gasteiger charge is 2.14. The van der Waals surface area contributed by atoms with Crippen LogP contribution in [0, 0.1) is 0 Å². The molecule has 108 valence electrons. The van der Waals surface area contributed by atoms with Gasteiger partial charge in [-0.25, -0.2) is 0 Å². The van der Waals surface area contributed by atoms with Crippen LogP contribution < -0.4 is 5.32 Å². The maximum absolute atomic E-state index is 5.32. The molecule has 1 N–H and O–H groups in total. The Morgan fingerprint density at radius 3 is 2.33 bits per heavy atom. The summed E-state index contributed by atoms with van der Waals surface area (Å²) in [6.07, 6.45) is 2.40. The molecule has 0 atom stereocenters. The maximum atomic E-state index is 5.32. The van der Waals surface area contributed by atoms with Crippen molar-refractivity contribution in [1.82, 2.24) is 15.1 Å². The van der Waals surface area contributed by atoms with Gasteiger partial charge in [-0.2, -0.15) is 0 Å². The van der Waals surface area contributed by atoms with Crippen LogP contribution in [0.4, 0.5) is 0 Å². The van der Waals surface area contributed by atoms with Gasteiger partial charge < -0.3 is 15.0 Å². The van der Waals surface area contributed by atoms with E-state index in [9.17, 15) is 0 Å². The summed E-state index contributed by atoms with van der Waals surface area (Å²) < 4.78 is 5.32. The lowest BCUT2D eigenvalue weighted by molar-refractivity contribution is 0.136. The third-order valence-corrected chi connectivity index (χ3v) is 3.61. The molecule has 4 heteroatoms. The van der Waals surface area contributed by atoms with E-state index in [1.54, 1.807) is 0 Å². The quantitative estimate of drug-likeness (QED) is 0.592. The molecule has 1 rings (SSSR count). The van der Waals surface area contributed by atoms with Gasteiger partial charge in [0.15, 0.2) is 0 Å². The van der Waals surface area contributed by atoms with Crippen molar-refractivity contribution in [2.75, 3.05) is 65.6 Å². The van der Waals surface area contributed by atoms with Gasteiger partial charge in [0, 0.05) is 52.5 Å². The van der Waals surface area contributed by atoms with Crippen molar-refractivity contribution >= 4 is 0 Å². The molecule has 0 saturated carbocycles. The Morgan fingerprint density at radius 1 is 0.944 bits per heavy atom. The van der Waals surface area contributed by atoms with E-state index in [1.807, 2.05) is 0 Å². The molecule has 1 aliphatic rings. The first-order valence-corrected chi connectivity index (χ1v) is 7.60. The Bertz CT molecular complexity index is 182. The molecule has 0 aromatic carbocycles. The fraction of sp³-hybridized carbons (Fsp3) is 1.00. The summed E-state index contributed by atoms with van der Waals surface area (Å²) >= 11 is 0. The Morgan fingerprint density at radius 2 is 1.67 bits per heavy atom. The lowest BCUT2D eigenvalue weighted by Crippen LogP contribution is -2.47. The number of hydrogen-bond acceptors (Lipinski definition) is 4. The monoisotopic (exact) mass is 257 g/mol. The van der Waals surface area contributed by atoms with Crippen LogP contribution in [0.15, 0.2) is 0 Å². The summed E-state index contributed by atoms with van der Waals surface area (Å²) in [6.45, 7) is 15.7. The minimum absolute atomic E-state index is 0.844.